The molecule has 0 aromatic carbocycles. The summed E-state index contributed by atoms with van der Waals surface area (Å²) in [6.45, 7) is 1.80. The molecule has 0 saturated heterocycles. The molecule has 3 heteroatoms. The molecule has 0 amide bonds. The molecule has 0 radical (unpaired) electrons. The minimum atomic E-state index is 0.717. The van der Waals surface area contributed by atoms with Crippen molar-refractivity contribution in [1.29, 1.82) is 0 Å². The summed E-state index contributed by atoms with van der Waals surface area (Å²) in [6.07, 6.45) is 3.74. The largest absolute Gasteiger partial charge is 0.313 e. The Labute approximate surface area is 54.5 Å². The molecule has 0 aliphatic rings. The number of hydrogen-bond donors (Lipinski definition) is 1. The third kappa shape index (κ3) is 4.74. The molecular weight excluding hydrogens is 116 g/mol. The number of nitrogens with zero attached hydrogens (tertiary/aromatic N) is 1. The van der Waals surface area contributed by atoms with Crippen molar-refractivity contribution in [3.63, 3.8) is 0 Å². The molecule has 0 saturated carbocycles. The van der Waals surface area contributed by atoms with E-state index in [4.69, 9.17) is 0 Å². The average Bonchev–Trinajstić information content (AvgIpc) is 1.85. The van der Waals surface area contributed by atoms with Gasteiger partial charge in [0.15, 0.2) is 0 Å². The Hall–Kier alpha value is -1.12. The fourth-order valence-electron chi connectivity index (χ4n) is 0.392. The van der Waals surface area contributed by atoms with Crippen molar-refractivity contribution in [2.24, 2.45) is 5.10 Å². The average molecular weight is 126 g/mol. The summed E-state index contributed by atoms with van der Waals surface area (Å²) in [5.74, 6) is 0. The van der Waals surface area contributed by atoms with Crippen LogP contribution >= 0.6 is 0 Å². The fraction of sp³-hybridized carbons (Fsp3) is 0.333. The lowest BCUT2D eigenvalue weighted by Crippen LogP contribution is -1.98. The van der Waals surface area contributed by atoms with E-state index in [-0.39, 0.29) is 0 Å². The molecule has 0 heterocycles. The molecule has 1 N–H and O–H groups in total. The zero-order chi connectivity index (χ0) is 7.11. The maximum atomic E-state index is 9.75. The monoisotopic (exact) mass is 126 g/mol. The summed E-state index contributed by atoms with van der Waals surface area (Å²) in [4.78, 5) is 9.75. The minimum Gasteiger partial charge on any atom is -0.313 e. The van der Waals surface area contributed by atoms with Gasteiger partial charge in [0.25, 0.3) is 0 Å². The quantitative estimate of drug-likeness (QED) is 0.256. The van der Waals surface area contributed by atoms with Crippen LogP contribution in [0.2, 0.25) is 0 Å². The number of nitrogens with one attached hydrogen (secondary N) is 1. The van der Waals surface area contributed by atoms with Crippen molar-refractivity contribution in [3.05, 3.63) is 12.2 Å². The van der Waals surface area contributed by atoms with Gasteiger partial charge in [-0.3, -0.25) is 4.79 Å². The molecule has 0 aliphatic carbocycles. The number of carbonyl (C=O) groups is 1. The first-order chi connectivity index (χ1) is 4.31. The summed E-state index contributed by atoms with van der Waals surface area (Å²) in [5, 5.41) is 3.78. The van der Waals surface area contributed by atoms with Crippen LogP contribution in [0.4, 0.5) is 0 Å². The topological polar surface area (TPSA) is 41.5 Å². The van der Waals surface area contributed by atoms with Gasteiger partial charge in [-0.25, -0.2) is 0 Å². The molecule has 0 aromatic rings. The second kappa shape index (κ2) is 5.03. The molecule has 0 spiro atoms. The van der Waals surface area contributed by atoms with Crippen molar-refractivity contribution in [2.45, 2.75) is 6.92 Å². The summed E-state index contributed by atoms with van der Waals surface area (Å²) in [6, 6.07) is 0. The van der Waals surface area contributed by atoms with E-state index < -0.39 is 0 Å². The normalized spacial score (nSPS) is 12.0. The number of allylic oxidation sites excluding steroid dienone is 2. The van der Waals surface area contributed by atoms with E-state index in [1.807, 2.05) is 0 Å². The van der Waals surface area contributed by atoms with E-state index in [1.165, 1.54) is 6.08 Å². The van der Waals surface area contributed by atoms with Crippen molar-refractivity contribution >= 4 is 12.0 Å². The highest BCUT2D eigenvalue weighted by molar-refractivity contribution is 5.95. The van der Waals surface area contributed by atoms with Crippen molar-refractivity contribution in [1.82, 2.24) is 5.43 Å². The van der Waals surface area contributed by atoms with E-state index in [0.717, 1.165) is 5.71 Å². The maximum Gasteiger partial charge on any atom is 0.142 e. The van der Waals surface area contributed by atoms with Gasteiger partial charge in [0.1, 0.15) is 6.29 Å². The lowest BCUT2D eigenvalue weighted by atomic mass is 10.4. The molecule has 0 bridgehead atoms. The fourth-order valence-corrected chi connectivity index (χ4v) is 0.392. The molecule has 0 aromatic heterocycles. The lowest BCUT2D eigenvalue weighted by molar-refractivity contribution is -0.104. The van der Waals surface area contributed by atoms with E-state index in [2.05, 4.69) is 10.5 Å². The molecule has 9 heavy (non-hydrogen) atoms. The number of rotatable bonds is 3. The van der Waals surface area contributed by atoms with Crippen LogP contribution in [0.3, 0.4) is 0 Å². The summed E-state index contributed by atoms with van der Waals surface area (Å²) >= 11 is 0. The van der Waals surface area contributed by atoms with E-state index in [9.17, 15) is 4.79 Å². The third-order valence-electron chi connectivity index (χ3n) is 0.704. The van der Waals surface area contributed by atoms with E-state index in [1.54, 1.807) is 20.0 Å². The van der Waals surface area contributed by atoms with Gasteiger partial charge < -0.3 is 5.43 Å². The number of hydrogen-bond acceptors (Lipinski definition) is 3. The van der Waals surface area contributed by atoms with E-state index in [0.29, 0.717) is 6.29 Å². The molecule has 0 rings (SSSR count). The minimum absolute atomic E-state index is 0.717. The Bertz CT molecular complexity index is 138. The van der Waals surface area contributed by atoms with Gasteiger partial charge in [0.2, 0.25) is 0 Å². The second-order valence-corrected chi connectivity index (χ2v) is 1.47. The van der Waals surface area contributed by atoms with Crippen LogP contribution in [0.15, 0.2) is 17.3 Å². The molecule has 0 unspecified atom stereocenters. The van der Waals surface area contributed by atoms with Gasteiger partial charge >= 0.3 is 0 Å². The van der Waals surface area contributed by atoms with Gasteiger partial charge in [-0.1, -0.05) is 0 Å². The number of carbonyl (C=O) groups excluding carboxylic acids is 1. The van der Waals surface area contributed by atoms with Crippen LogP contribution in [0.1, 0.15) is 6.92 Å². The van der Waals surface area contributed by atoms with Gasteiger partial charge in [-0.15, -0.1) is 0 Å². The standard InChI is InChI=1S/C6H10N2O/c1-6(8-7-2)4-3-5-9/h3-5,7H,1-2H3/b4-3-,8-6-. The van der Waals surface area contributed by atoms with Crippen LogP contribution in [0, 0.1) is 0 Å². The number of aldehydes is 1. The van der Waals surface area contributed by atoms with Crippen molar-refractivity contribution < 1.29 is 4.79 Å². The van der Waals surface area contributed by atoms with Crippen LogP contribution < -0.4 is 5.43 Å². The predicted octanol–water partition coefficient (Wildman–Crippen LogP) is 0.337. The zero-order valence-corrected chi connectivity index (χ0v) is 5.59. The first-order valence-corrected chi connectivity index (χ1v) is 2.64. The summed E-state index contributed by atoms with van der Waals surface area (Å²) < 4.78 is 0. The second-order valence-electron chi connectivity index (χ2n) is 1.47. The van der Waals surface area contributed by atoms with Crippen LogP contribution in [0.5, 0.6) is 0 Å². The SMILES string of the molecule is CN/N=C(C)\C=C/C=O. The zero-order valence-electron chi connectivity index (χ0n) is 5.59. The van der Waals surface area contributed by atoms with Crippen molar-refractivity contribution in [3.8, 4) is 0 Å². The van der Waals surface area contributed by atoms with Crippen molar-refractivity contribution in [2.75, 3.05) is 7.05 Å². The summed E-state index contributed by atoms with van der Waals surface area (Å²) in [5.41, 5.74) is 3.38. The smallest absolute Gasteiger partial charge is 0.142 e. The van der Waals surface area contributed by atoms with Crippen LogP contribution in [-0.2, 0) is 4.79 Å². The van der Waals surface area contributed by atoms with E-state index >= 15 is 0 Å². The molecule has 0 aliphatic heterocycles. The lowest BCUT2D eigenvalue weighted by Gasteiger charge is -1.87. The predicted molar refractivity (Wildman–Crippen MR) is 37.4 cm³/mol. The Balaban J connectivity index is 3.74. The number of hydrazone groups is 1. The van der Waals surface area contributed by atoms with Gasteiger partial charge in [0, 0.05) is 7.05 Å². The van der Waals surface area contributed by atoms with Crippen LogP contribution in [0.25, 0.3) is 0 Å². The van der Waals surface area contributed by atoms with Gasteiger partial charge in [-0.2, -0.15) is 5.10 Å². The van der Waals surface area contributed by atoms with Gasteiger partial charge in [0.05, 0.1) is 5.71 Å². The highest BCUT2D eigenvalue weighted by Gasteiger charge is 1.77. The Kier molecular flexibility index (Phi) is 4.40. The van der Waals surface area contributed by atoms with Crippen LogP contribution in [-0.4, -0.2) is 19.0 Å². The highest BCUT2D eigenvalue weighted by Crippen LogP contribution is 1.75. The van der Waals surface area contributed by atoms with Gasteiger partial charge in [-0.05, 0) is 19.1 Å². The highest BCUT2D eigenvalue weighted by atomic mass is 16.1. The third-order valence-corrected chi connectivity index (χ3v) is 0.704. The Morgan fingerprint density at radius 3 is 2.78 bits per heavy atom. The Morgan fingerprint density at radius 1 is 1.67 bits per heavy atom. The maximum absolute atomic E-state index is 9.75. The molecule has 0 atom stereocenters. The first kappa shape index (κ1) is 7.88. The summed E-state index contributed by atoms with van der Waals surface area (Å²) in [7, 11) is 1.71. The Morgan fingerprint density at radius 2 is 2.33 bits per heavy atom. The first-order valence-electron chi connectivity index (χ1n) is 2.64. The molecular formula is C6H10N2O. The molecule has 50 valence electrons. The molecule has 3 nitrogen and oxygen atoms in total. The molecule has 0 fully saturated rings.